The van der Waals surface area contributed by atoms with Gasteiger partial charge in [-0.15, -0.1) is 0 Å². The Morgan fingerprint density at radius 3 is 2.42 bits per heavy atom. The van der Waals surface area contributed by atoms with Crippen LogP contribution in [-0.2, 0) is 14.3 Å². The minimum absolute atomic E-state index is 0.275. The lowest BCUT2D eigenvalue weighted by atomic mass is 10.1. The molecule has 5 nitrogen and oxygen atoms in total. The highest BCUT2D eigenvalue weighted by atomic mass is 79.9. The summed E-state index contributed by atoms with van der Waals surface area (Å²) in [6.45, 7) is 7.06. The summed E-state index contributed by atoms with van der Waals surface area (Å²) in [5.74, 6) is -0.454. The molecule has 138 valence electrons. The van der Waals surface area contributed by atoms with Gasteiger partial charge in [0, 0.05) is 5.69 Å². The van der Waals surface area contributed by atoms with Crippen molar-refractivity contribution in [3.05, 3.63) is 57.6 Å². The first-order chi connectivity index (χ1) is 12.3. The van der Waals surface area contributed by atoms with Gasteiger partial charge < -0.3 is 14.8 Å². The topological polar surface area (TPSA) is 64.6 Å². The second-order valence-corrected chi connectivity index (χ2v) is 7.02. The summed E-state index contributed by atoms with van der Waals surface area (Å²) in [6.07, 6.45) is -0.924. The molecule has 0 saturated heterocycles. The van der Waals surface area contributed by atoms with Crippen LogP contribution in [-0.4, -0.2) is 24.6 Å². The molecule has 0 aromatic heterocycles. The maximum absolute atomic E-state index is 12.2. The van der Waals surface area contributed by atoms with Crippen molar-refractivity contribution in [3.8, 4) is 5.75 Å². The van der Waals surface area contributed by atoms with Crippen LogP contribution >= 0.6 is 15.9 Å². The number of esters is 1. The first-order valence-corrected chi connectivity index (χ1v) is 9.02. The molecular formula is C20H22BrNO4. The summed E-state index contributed by atoms with van der Waals surface area (Å²) in [5.41, 5.74) is 3.75. The van der Waals surface area contributed by atoms with Crippen LogP contribution in [0, 0.1) is 20.8 Å². The zero-order chi connectivity index (χ0) is 19.3. The molecule has 0 aliphatic heterocycles. The molecule has 0 fully saturated rings. The number of ether oxygens (including phenoxy) is 2. The van der Waals surface area contributed by atoms with Gasteiger partial charge in [-0.25, -0.2) is 4.79 Å². The van der Waals surface area contributed by atoms with E-state index in [2.05, 4.69) is 21.2 Å². The van der Waals surface area contributed by atoms with Crippen LogP contribution in [0.4, 0.5) is 5.69 Å². The second kappa shape index (κ2) is 8.85. The minimum atomic E-state index is -0.924. The van der Waals surface area contributed by atoms with Gasteiger partial charge in [-0.3, -0.25) is 4.79 Å². The molecule has 0 saturated carbocycles. The van der Waals surface area contributed by atoms with Crippen LogP contribution in [0.2, 0.25) is 0 Å². The van der Waals surface area contributed by atoms with Gasteiger partial charge >= 0.3 is 5.97 Å². The Bertz CT molecular complexity index is 819. The van der Waals surface area contributed by atoms with Crippen LogP contribution in [0.1, 0.15) is 23.6 Å². The van der Waals surface area contributed by atoms with E-state index < -0.39 is 12.1 Å². The first kappa shape index (κ1) is 20.0. The van der Waals surface area contributed by atoms with Gasteiger partial charge in [0.2, 0.25) is 0 Å². The lowest BCUT2D eigenvalue weighted by molar-refractivity contribution is -0.155. The summed E-state index contributed by atoms with van der Waals surface area (Å²) >= 11 is 3.38. The largest absolute Gasteiger partial charge is 0.481 e. The van der Waals surface area contributed by atoms with Gasteiger partial charge in [0.25, 0.3) is 5.91 Å². The van der Waals surface area contributed by atoms with Crippen LogP contribution < -0.4 is 10.1 Å². The highest BCUT2D eigenvalue weighted by molar-refractivity contribution is 9.10. The van der Waals surface area contributed by atoms with Gasteiger partial charge in [0.15, 0.2) is 12.7 Å². The van der Waals surface area contributed by atoms with Crippen molar-refractivity contribution in [2.45, 2.75) is 33.8 Å². The lowest BCUT2D eigenvalue weighted by Crippen LogP contribution is -2.31. The van der Waals surface area contributed by atoms with Crippen molar-refractivity contribution in [2.24, 2.45) is 0 Å². The van der Waals surface area contributed by atoms with E-state index in [0.717, 1.165) is 21.2 Å². The minimum Gasteiger partial charge on any atom is -0.481 e. The van der Waals surface area contributed by atoms with E-state index in [4.69, 9.17) is 9.47 Å². The predicted octanol–water partition coefficient (Wildman–Crippen LogP) is 4.32. The van der Waals surface area contributed by atoms with E-state index in [0.29, 0.717) is 11.4 Å². The van der Waals surface area contributed by atoms with E-state index in [1.54, 1.807) is 6.07 Å². The Kier molecular flexibility index (Phi) is 6.80. The fourth-order valence-corrected chi connectivity index (χ4v) is 2.86. The number of hydrogen-bond acceptors (Lipinski definition) is 4. The molecule has 0 aliphatic carbocycles. The molecule has 2 aromatic rings. The number of benzene rings is 2. The Labute approximate surface area is 161 Å². The maximum atomic E-state index is 12.2. The van der Waals surface area contributed by atoms with Crippen LogP contribution in [0.3, 0.4) is 0 Å². The molecule has 1 amide bonds. The van der Waals surface area contributed by atoms with Crippen molar-refractivity contribution >= 4 is 33.5 Å². The molecular weight excluding hydrogens is 398 g/mol. The average Bonchev–Trinajstić information content (AvgIpc) is 2.57. The van der Waals surface area contributed by atoms with Crippen molar-refractivity contribution in [2.75, 3.05) is 11.9 Å². The lowest BCUT2D eigenvalue weighted by Gasteiger charge is -2.15. The molecule has 26 heavy (non-hydrogen) atoms. The SMILES string of the molecule is Cc1ccc(OCC(=O)O[C@H](C)C(=O)Nc2cc(C)ccc2C)c(Br)c1. The maximum Gasteiger partial charge on any atom is 0.344 e. The smallest absolute Gasteiger partial charge is 0.344 e. The predicted molar refractivity (Wildman–Crippen MR) is 104 cm³/mol. The molecule has 0 radical (unpaired) electrons. The third-order valence-corrected chi connectivity index (χ3v) is 4.38. The fraction of sp³-hybridized carbons (Fsp3) is 0.300. The third-order valence-electron chi connectivity index (χ3n) is 3.76. The molecule has 0 aliphatic rings. The quantitative estimate of drug-likeness (QED) is 0.707. The fourth-order valence-electron chi connectivity index (χ4n) is 2.25. The number of nitrogens with one attached hydrogen (secondary N) is 1. The molecule has 0 unspecified atom stereocenters. The Hall–Kier alpha value is -2.34. The van der Waals surface area contributed by atoms with E-state index in [1.807, 2.05) is 51.1 Å². The summed E-state index contributed by atoms with van der Waals surface area (Å²) in [6, 6.07) is 11.3. The molecule has 1 atom stereocenters. The standard InChI is InChI=1S/C20H22BrNO4/c1-12-6-8-18(16(21)9-12)25-11-19(23)26-15(4)20(24)22-17-10-13(2)5-7-14(17)3/h5-10,15H,11H2,1-4H3,(H,22,24)/t15-/m1/s1. The zero-order valence-electron chi connectivity index (χ0n) is 15.3. The highest BCUT2D eigenvalue weighted by Crippen LogP contribution is 2.25. The van der Waals surface area contributed by atoms with Crippen LogP contribution in [0.15, 0.2) is 40.9 Å². The Morgan fingerprint density at radius 2 is 1.73 bits per heavy atom. The molecule has 0 heterocycles. The van der Waals surface area contributed by atoms with Crippen molar-refractivity contribution in [3.63, 3.8) is 0 Å². The Balaban J connectivity index is 1.87. The van der Waals surface area contributed by atoms with E-state index >= 15 is 0 Å². The molecule has 6 heteroatoms. The van der Waals surface area contributed by atoms with E-state index in [1.165, 1.54) is 6.92 Å². The number of rotatable bonds is 6. The van der Waals surface area contributed by atoms with Crippen molar-refractivity contribution in [1.82, 2.24) is 0 Å². The number of carbonyl (C=O) groups excluding carboxylic acids is 2. The zero-order valence-corrected chi connectivity index (χ0v) is 16.8. The monoisotopic (exact) mass is 419 g/mol. The number of anilines is 1. The van der Waals surface area contributed by atoms with Crippen molar-refractivity contribution < 1.29 is 19.1 Å². The molecule has 2 rings (SSSR count). The number of halogens is 1. The normalized spacial score (nSPS) is 11.6. The van der Waals surface area contributed by atoms with Gasteiger partial charge in [0.05, 0.1) is 4.47 Å². The average molecular weight is 420 g/mol. The number of hydrogen-bond donors (Lipinski definition) is 1. The molecule has 1 N–H and O–H groups in total. The summed E-state index contributed by atoms with van der Waals surface area (Å²) < 4.78 is 11.3. The molecule has 0 spiro atoms. The molecule has 0 bridgehead atoms. The number of amides is 1. The summed E-state index contributed by atoms with van der Waals surface area (Å²) in [4.78, 5) is 24.2. The summed E-state index contributed by atoms with van der Waals surface area (Å²) in [5, 5.41) is 2.78. The van der Waals surface area contributed by atoms with E-state index in [-0.39, 0.29) is 12.5 Å². The number of aryl methyl sites for hydroxylation is 3. The first-order valence-electron chi connectivity index (χ1n) is 8.23. The van der Waals surface area contributed by atoms with Crippen LogP contribution in [0.5, 0.6) is 5.75 Å². The van der Waals surface area contributed by atoms with Gasteiger partial charge in [-0.1, -0.05) is 18.2 Å². The highest BCUT2D eigenvalue weighted by Gasteiger charge is 2.19. The van der Waals surface area contributed by atoms with Crippen molar-refractivity contribution in [1.29, 1.82) is 0 Å². The summed E-state index contributed by atoms with van der Waals surface area (Å²) in [7, 11) is 0. The van der Waals surface area contributed by atoms with Gasteiger partial charge in [-0.2, -0.15) is 0 Å². The Morgan fingerprint density at radius 1 is 1.08 bits per heavy atom. The van der Waals surface area contributed by atoms with Gasteiger partial charge in [0.1, 0.15) is 5.75 Å². The van der Waals surface area contributed by atoms with E-state index in [9.17, 15) is 9.59 Å². The number of carbonyl (C=O) groups is 2. The van der Waals surface area contributed by atoms with Gasteiger partial charge in [-0.05, 0) is 78.5 Å². The second-order valence-electron chi connectivity index (χ2n) is 6.16. The third kappa shape index (κ3) is 5.59. The van der Waals surface area contributed by atoms with Crippen LogP contribution in [0.25, 0.3) is 0 Å². The molecule has 2 aromatic carbocycles.